The highest BCUT2D eigenvalue weighted by atomic mass is 79.9. The van der Waals surface area contributed by atoms with Gasteiger partial charge in [-0.25, -0.2) is 8.42 Å². The third-order valence-electron chi connectivity index (χ3n) is 5.68. The fourth-order valence-corrected chi connectivity index (χ4v) is 6.45. The number of benzene rings is 2. The molecule has 0 unspecified atom stereocenters. The van der Waals surface area contributed by atoms with E-state index in [1.165, 1.54) is 4.31 Å². The predicted molar refractivity (Wildman–Crippen MR) is 120 cm³/mol. The van der Waals surface area contributed by atoms with E-state index < -0.39 is 10.0 Å². The second-order valence-electron chi connectivity index (χ2n) is 7.69. The topological polar surface area (TPSA) is 57.7 Å². The smallest absolute Gasteiger partial charge is 0.243 e. The number of rotatable bonds is 3. The average Bonchev–Trinajstić information content (AvgIpc) is 3.02. The highest BCUT2D eigenvalue weighted by Gasteiger charge is 2.39. The van der Waals surface area contributed by atoms with Gasteiger partial charge in [0.2, 0.25) is 15.9 Å². The molecular weight excluding hydrogens is 520 g/mol. The first-order valence-electron chi connectivity index (χ1n) is 9.64. The molecule has 4 rings (SSSR count). The molecule has 0 aromatic heterocycles. The molecule has 1 saturated heterocycles. The van der Waals surface area contributed by atoms with Gasteiger partial charge >= 0.3 is 0 Å². The zero-order valence-electron chi connectivity index (χ0n) is 16.0. The van der Waals surface area contributed by atoms with Crippen molar-refractivity contribution in [3.05, 3.63) is 57.0 Å². The maximum absolute atomic E-state index is 13.4. The number of fused-ring (bicyclic) bond motifs is 1. The number of sulfonamides is 1. The molecule has 2 aliphatic rings. The summed E-state index contributed by atoms with van der Waals surface area (Å²) in [5.74, 6) is -0.305. The third kappa shape index (κ3) is 4.04. The second-order valence-corrected chi connectivity index (χ2v) is 11.5. The third-order valence-corrected chi connectivity index (χ3v) is 8.58. The van der Waals surface area contributed by atoms with Gasteiger partial charge in [-0.15, -0.1) is 0 Å². The Balaban J connectivity index is 1.56. The van der Waals surface area contributed by atoms with Crippen LogP contribution in [-0.4, -0.2) is 37.8 Å². The summed E-state index contributed by atoms with van der Waals surface area (Å²) in [4.78, 5) is 15.5. The standard InChI is InChI=1S/C21H22Br2N2O3S/c1-14-11-16-12-18(23)6-9-20(16)25(14)21(26)15-3-2-10-24(13-15)29(27,28)19-7-4-17(22)5-8-19/h4-9,12,14-15H,2-3,10-11,13H2,1H3/t14-,15+/m1/s1. The van der Waals surface area contributed by atoms with Crippen molar-refractivity contribution in [3.63, 3.8) is 0 Å². The number of amides is 1. The number of carbonyl (C=O) groups is 1. The molecule has 2 atom stereocenters. The highest BCUT2D eigenvalue weighted by Crippen LogP contribution is 2.36. The summed E-state index contributed by atoms with van der Waals surface area (Å²) in [6, 6.07) is 12.7. The Morgan fingerprint density at radius 2 is 1.76 bits per heavy atom. The Bertz CT molecular complexity index is 1040. The van der Waals surface area contributed by atoms with Crippen LogP contribution in [0.2, 0.25) is 0 Å². The number of anilines is 1. The van der Waals surface area contributed by atoms with Crippen LogP contribution in [-0.2, 0) is 21.2 Å². The van der Waals surface area contributed by atoms with Gasteiger partial charge in [-0.1, -0.05) is 31.9 Å². The highest BCUT2D eigenvalue weighted by molar-refractivity contribution is 9.10. The van der Waals surface area contributed by atoms with Crippen molar-refractivity contribution in [1.82, 2.24) is 4.31 Å². The van der Waals surface area contributed by atoms with Gasteiger partial charge < -0.3 is 4.90 Å². The Morgan fingerprint density at radius 1 is 1.07 bits per heavy atom. The van der Waals surface area contributed by atoms with Gasteiger partial charge in [0, 0.05) is 33.8 Å². The molecule has 8 heteroatoms. The molecular formula is C21H22Br2N2O3S. The van der Waals surface area contributed by atoms with Gasteiger partial charge in [0.1, 0.15) is 0 Å². The summed E-state index contributed by atoms with van der Waals surface area (Å²) in [5, 5.41) is 0. The van der Waals surface area contributed by atoms with Crippen molar-refractivity contribution in [3.8, 4) is 0 Å². The van der Waals surface area contributed by atoms with Gasteiger partial charge in [0.05, 0.1) is 10.8 Å². The summed E-state index contributed by atoms with van der Waals surface area (Å²) in [6.07, 6.45) is 2.20. The van der Waals surface area contributed by atoms with Crippen LogP contribution in [0, 0.1) is 5.92 Å². The molecule has 2 aliphatic heterocycles. The minimum absolute atomic E-state index is 0.0225. The van der Waals surface area contributed by atoms with E-state index in [1.54, 1.807) is 24.3 Å². The van der Waals surface area contributed by atoms with Crippen LogP contribution in [0.15, 0.2) is 56.3 Å². The van der Waals surface area contributed by atoms with Crippen LogP contribution in [0.25, 0.3) is 0 Å². The van der Waals surface area contributed by atoms with E-state index in [1.807, 2.05) is 24.0 Å². The monoisotopic (exact) mass is 540 g/mol. The molecule has 5 nitrogen and oxygen atoms in total. The number of halogens is 2. The van der Waals surface area contributed by atoms with E-state index >= 15 is 0 Å². The maximum Gasteiger partial charge on any atom is 0.243 e. The number of hydrogen-bond acceptors (Lipinski definition) is 3. The molecule has 0 saturated carbocycles. The van der Waals surface area contributed by atoms with Crippen molar-refractivity contribution in [2.45, 2.75) is 37.1 Å². The van der Waals surface area contributed by atoms with E-state index in [0.717, 1.165) is 26.6 Å². The number of carbonyl (C=O) groups excluding carboxylic acids is 1. The SMILES string of the molecule is C[C@@H]1Cc2cc(Br)ccc2N1C(=O)[C@H]1CCCN(S(=O)(=O)c2ccc(Br)cc2)C1. The fraction of sp³-hybridized carbons (Fsp3) is 0.381. The lowest BCUT2D eigenvalue weighted by molar-refractivity contribution is -0.123. The van der Waals surface area contributed by atoms with Gasteiger partial charge in [-0.2, -0.15) is 4.31 Å². The molecule has 2 heterocycles. The quantitative estimate of drug-likeness (QED) is 0.571. The van der Waals surface area contributed by atoms with Crippen molar-refractivity contribution in [2.24, 2.45) is 5.92 Å². The fourth-order valence-electron chi connectivity index (χ4n) is 4.25. The lowest BCUT2D eigenvalue weighted by Crippen LogP contribution is -2.48. The number of hydrogen-bond donors (Lipinski definition) is 0. The van der Waals surface area contributed by atoms with Crippen molar-refractivity contribution in [1.29, 1.82) is 0 Å². The molecule has 1 fully saturated rings. The van der Waals surface area contributed by atoms with Crippen LogP contribution < -0.4 is 4.90 Å². The lowest BCUT2D eigenvalue weighted by Gasteiger charge is -2.34. The van der Waals surface area contributed by atoms with Crippen LogP contribution in [0.1, 0.15) is 25.3 Å². The average molecular weight is 542 g/mol. The molecule has 0 bridgehead atoms. The summed E-state index contributed by atoms with van der Waals surface area (Å²) < 4.78 is 29.4. The van der Waals surface area contributed by atoms with E-state index in [4.69, 9.17) is 0 Å². The maximum atomic E-state index is 13.4. The summed E-state index contributed by atoms with van der Waals surface area (Å²) in [7, 11) is -3.61. The van der Waals surface area contributed by atoms with E-state index in [9.17, 15) is 13.2 Å². The lowest BCUT2D eigenvalue weighted by atomic mass is 9.97. The minimum atomic E-state index is -3.61. The summed E-state index contributed by atoms with van der Waals surface area (Å²) >= 11 is 6.83. The summed E-state index contributed by atoms with van der Waals surface area (Å²) in [6.45, 7) is 2.72. The summed E-state index contributed by atoms with van der Waals surface area (Å²) in [5.41, 5.74) is 2.09. The molecule has 0 radical (unpaired) electrons. The van der Waals surface area contributed by atoms with Crippen LogP contribution in [0.4, 0.5) is 5.69 Å². The first-order chi connectivity index (χ1) is 13.8. The molecule has 2 aromatic rings. The Hall–Kier alpha value is -1.22. The van der Waals surface area contributed by atoms with E-state index in [2.05, 4.69) is 37.9 Å². The molecule has 0 spiro atoms. The Labute approximate surface area is 188 Å². The Kier molecular flexibility index (Phi) is 5.90. The van der Waals surface area contributed by atoms with Crippen molar-refractivity contribution < 1.29 is 13.2 Å². The molecule has 29 heavy (non-hydrogen) atoms. The largest absolute Gasteiger partial charge is 0.309 e. The minimum Gasteiger partial charge on any atom is -0.309 e. The zero-order valence-corrected chi connectivity index (χ0v) is 20.0. The van der Waals surface area contributed by atoms with Crippen LogP contribution in [0.3, 0.4) is 0 Å². The van der Waals surface area contributed by atoms with Gasteiger partial charge in [0.25, 0.3) is 0 Å². The normalized spacial score (nSPS) is 22.5. The van der Waals surface area contributed by atoms with Gasteiger partial charge in [0.15, 0.2) is 0 Å². The van der Waals surface area contributed by atoms with Crippen molar-refractivity contribution in [2.75, 3.05) is 18.0 Å². The van der Waals surface area contributed by atoms with Gasteiger partial charge in [-0.05, 0) is 74.2 Å². The Morgan fingerprint density at radius 3 is 2.48 bits per heavy atom. The van der Waals surface area contributed by atoms with Crippen LogP contribution >= 0.6 is 31.9 Å². The molecule has 154 valence electrons. The predicted octanol–water partition coefficient (Wildman–Crippen LogP) is 4.59. The molecule has 2 aromatic carbocycles. The molecule has 0 aliphatic carbocycles. The van der Waals surface area contributed by atoms with E-state index in [0.29, 0.717) is 19.4 Å². The van der Waals surface area contributed by atoms with E-state index in [-0.39, 0.29) is 29.3 Å². The van der Waals surface area contributed by atoms with Crippen LogP contribution in [0.5, 0.6) is 0 Å². The van der Waals surface area contributed by atoms with Gasteiger partial charge in [-0.3, -0.25) is 4.79 Å². The second kappa shape index (κ2) is 8.13. The first kappa shape index (κ1) is 21.0. The molecule has 0 N–H and O–H groups in total. The molecule has 1 amide bonds. The first-order valence-corrected chi connectivity index (χ1v) is 12.7. The number of piperidine rings is 1. The zero-order chi connectivity index (χ0) is 20.8. The number of nitrogens with zero attached hydrogens (tertiary/aromatic N) is 2. The van der Waals surface area contributed by atoms with Crippen molar-refractivity contribution >= 4 is 53.5 Å².